The minimum atomic E-state index is 0.713. The molecule has 4 heteroatoms. The number of piperazine rings is 1. The summed E-state index contributed by atoms with van der Waals surface area (Å²) in [5.41, 5.74) is 0. The number of piperidine rings is 1. The van der Waals surface area contributed by atoms with E-state index in [4.69, 9.17) is 0 Å². The number of hydrogen-bond donors (Lipinski definition) is 1. The van der Waals surface area contributed by atoms with Gasteiger partial charge in [-0.05, 0) is 102 Å². The summed E-state index contributed by atoms with van der Waals surface area (Å²) in [6.07, 6.45) is 5.66. The maximum atomic E-state index is 3.42. The third kappa shape index (κ3) is 6.42. The van der Waals surface area contributed by atoms with E-state index < -0.39 is 0 Å². The van der Waals surface area contributed by atoms with Crippen LogP contribution in [0.1, 0.15) is 53.4 Å². The number of likely N-dealkylation sites (tertiary alicyclic amines) is 1. The predicted molar refractivity (Wildman–Crippen MR) is 116 cm³/mol. The van der Waals surface area contributed by atoms with Crippen molar-refractivity contribution in [2.45, 2.75) is 59.4 Å². The first-order valence-corrected chi connectivity index (χ1v) is 11.9. The van der Waals surface area contributed by atoms with Crippen LogP contribution in [0, 0.1) is 23.7 Å². The Morgan fingerprint density at radius 3 is 1.70 bits per heavy atom. The Morgan fingerprint density at radius 1 is 0.704 bits per heavy atom. The van der Waals surface area contributed by atoms with E-state index in [1.54, 1.807) is 0 Å². The third-order valence-corrected chi connectivity index (χ3v) is 7.99. The summed E-state index contributed by atoms with van der Waals surface area (Å²) < 4.78 is 0. The van der Waals surface area contributed by atoms with Gasteiger partial charge in [0.05, 0.1) is 0 Å². The predicted octanol–water partition coefficient (Wildman–Crippen LogP) is 3.00. The lowest BCUT2D eigenvalue weighted by atomic mass is 9.83. The van der Waals surface area contributed by atoms with Crippen LogP contribution in [0.2, 0.25) is 0 Å². The highest BCUT2D eigenvalue weighted by atomic mass is 15.3. The van der Waals surface area contributed by atoms with Crippen LogP contribution in [0.25, 0.3) is 0 Å². The summed E-state index contributed by atoms with van der Waals surface area (Å²) in [6, 6.07) is 0.713. The van der Waals surface area contributed by atoms with Crippen molar-refractivity contribution in [3.05, 3.63) is 0 Å². The van der Waals surface area contributed by atoms with E-state index in [-0.39, 0.29) is 0 Å². The second-order valence-corrected chi connectivity index (χ2v) is 10.1. The van der Waals surface area contributed by atoms with Gasteiger partial charge in [-0.3, -0.25) is 4.90 Å². The van der Waals surface area contributed by atoms with Crippen LogP contribution >= 0.6 is 0 Å². The van der Waals surface area contributed by atoms with Gasteiger partial charge in [0.25, 0.3) is 0 Å². The fraction of sp³-hybridized carbons (Fsp3) is 1.00. The van der Waals surface area contributed by atoms with Crippen LogP contribution < -0.4 is 5.32 Å². The van der Waals surface area contributed by atoms with Crippen molar-refractivity contribution in [2.24, 2.45) is 23.7 Å². The summed E-state index contributed by atoms with van der Waals surface area (Å²) >= 11 is 0. The van der Waals surface area contributed by atoms with Gasteiger partial charge in [0.15, 0.2) is 0 Å². The molecule has 1 N–H and O–H groups in total. The molecule has 0 aromatic rings. The van der Waals surface area contributed by atoms with E-state index >= 15 is 0 Å². The summed E-state index contributed by atoms with van der Waals surface area (Å²) in [5, 5.41) is 3.42. The lowest BCUT2D eigenvalue weighted by molar-refractivity contribution is 0.0939. The monoisotopic (exact) mass is 378 g/mol. The van der Waals surface area contributed by atoms with Gasteiger partial charge in [-0.1, -0.05) is 13.8 Å². The Hall–Kier alpha value is -0.160. The molecule has 0 aromatic heterocycles. The average Bonchev–Trinajstić information content (AvgIpc) is 2.64. The van der Waals surface area contributed by atoms with E-state index in [2.05, 4.69) is 47.7 Å². The van der Waals surface area contributed by atoms with E-state index in [1.165, 1.54) is 91.1 Å². The Kier molecular flexibility index (Phi) is 8.43. The maximum absolute atomic E-state index is 3.42. The molecule has 2 atom stereocenters. The van der Waals surface area contributed by atoms with Gasteiger partial charge >= 0.3 is 0 Å². The number of nitrogens with one attached hydrogen (secondary N) is 1. The molecule has 3 aliphatic rings. The Bertz CT molecular complexity index is 407. The molecule has 3 fully saturated rings. The van der Waals surface area contributed by atoms with Gasteiger partial charge in [-0.25, -0.2) is 0 Å². The van der Waals surface area contributed by atoms with E-state index in [0.717, 1.165) is 23.7 Å². The first-order valence-electron chi connectivity index (χ1n) is 11.9. The molecule has 3 saturated heterocycles. The fourth-order valence-corrected chi connectivity index (χ4v) is 5.21. The van der Waals surface area contributed by atoms with Crippen molar-refractivity contribution >= 4 is 0 Å². The summed E-state index contributed by atoms with van der Waals surface area (Å²) in [7, 11) is 0. The molecule has 0 bridgehead atoms. The van der Waals surface area contributed by atoms with Crippen LogP contribution in [0.3, 0.4) is 0 Å². The smallest absolute Gasteiger partial charge is 0.0113 e. The molecule has 0 radical (unpaired) electrons. The van der Waals surface area contributed by atoms with Gasteiger partial charge < -0.3 is 15.1 Å². The zero-order valence-electron chi connectivity index (χ0n) is 18.6. The molecule has 4 nitrogen and oxygen atoms in total. The van der Waals surface area contributed by atoms with Crippen LogP contribution in [0.4, 0.5) is 0 Å². The SMILES string of the molecule is CC(CCN1CCN(C(C)C)CC1)C1CCN(CCC(C)C2CNC2)CC1. The highest BCUT2D eigenvalue weighted by molar-refractivity contribution is 4.82. The molecule has 0 spiro atoms. The van der Waals surface area contributed by atoms with Gasteiger partial charge in [-0.2, -0.15) is 0 Å². The molecule has 2 unspecified atom stereocenters. The number of nitrogens with zero attached hydrogens (tertiary/aromatic N) is 3. The second kappa shape index (κ2) is 10.6. The van der Waals surface area contributed by atoms with Crippen LogP contribution in [0.5, 0.6) is 0 Å². The largest absolute Gasteiger partial charge is 0.316 e. The Labute approximate surface area is 169 Å². The maximum Gasteiger partial charge on any atom is 0.0113 e. The van der Waals surface area contributed by atoms with Crippen molar-refractivity contribution in [3.8, 4) is 0 Å². The van der Waals surface area contributed by atoms with Gasteiger partial charge in [-0.15, -0.1) is 0 Å². The molecule has 3 rings (SSSR count). The molecule has 158 valence electrons. The van der Waals surface area contributed by atoms with Crippen molar-refractivity contribution in [3.63, 3.8) is 0 Å². The minimum Gasteiger partial charge on any atom is -0.316 e. The van der Waals surface area contributed by atoms with E-state index in [1.807, 2.05) is 0 Å². The zero-order valence-corrected chi connectivity index (χ0v) is 18.6. The number of rotatable bonds is 9. The average molecular weight is 379 g/mol. The highest BCUT2D eigenvalue weighted by Crippen LogP contribution is 2.28. The molecule has 3 aliphatic heterocycles. The molecule has 27 heavy (non-hydrogen) atoms. The van der Waals surface area contributed by atoms with Gasteiger partial charge in [0, 0.05) is 32.2 Å². The van der Waals surface area contributed by atoms with E-state index in [9.17, 15) is 0 Å². The van der Waals surface area contributed by atoms with Crippen LogP contribution in [-0.4, -0.2) is 86.2 Å². The standard InChI is InChI=1S/C23H46N4/c1-19(2)27-15-13-26(14-16-27)10-5-20(3)22-7-11-25(12-8-22)9-6-21(4)23-17-24-18-23/h19-24H,5-18H2,1-4H3. The van der Waals surface area contributed by atoms with Crippen molar-refractivity contribution in [2.75, 3.05) is 65.4 Å². The molecular weight excluding hydrogens is 332 g/mol. The fourth-order valence-electron chi connectivity index (χ4n) is 5.21. The molecule has 0 amide bonds. The molecule has 3 heterocycles. The Morgan fingerprint density at radius 2 is 1.22 bits per heavy atom. The highest BCUT2D eigenvalue weighted by Gasteiger charge is 2.27. The summed E-state index contributed by atoms with van der Waals surface area (Å²) in [4.78, 5) is 8.08. The van der Waals surface area contributed by atoms with Crippen LogP contribution in [0.15, 0.2) is 0 Å². The van der Waals surface area contributed by atoms with Crippen LogP contribution in [-0.2, 0) is 0 Å². The molecule has 0 aliphatic carbocycles. The van der Waals surface area contributed by atoms with E-state index in [0.29, 0.717) is 6.04 Å². The first-order chi connectivity index (χ1) is 13.0. The van der Waals surface area contributed by atoms with Crippen molar-refractivity contribution in [1.29, 1.82) is 0 Å². The van der Waals surface area contributed by atoms with Gasteiger partial charge in [0.2, 0.25) is 0 Å². The quantitative estimate of drug-likeness (QED) is 0.666. The van der Waals surface area contributed by atoms with Crippen molar-refractivity contribution < 1.29 is 0 Å². The normalized spacial score (nSPS) is 27.0. The lowest BCUT2D eigenvalue weighted by Gasteiger charge is -2.39. The number of hydrogen-bond acceptors (Lipinski definition) is 4. The zero-order chi connectivity index (χ0) is 19.2. The summed E-state index contributed by atoms with van der Waals surface area (Å²) in [5.74, 6) is 3.71. The van der Waals surface area contributed by atoms with Crippen molar-refractivity contribution in [1.82, 2.24) is 20.0 Å². The minimum absolute atomic E-state index is 0.713. The second-order valence-electron chi connectivity index (χ2n) is 10.1. The molecule has 0 aromatic carbocycles. The first kappa shape index (κ1) is 21.5. The Balaban J connectivity index is 1.26. The topological polar surface area (TPSA) is 21.8 Å². The summed E-state index contributed by atoms with van der Waals surface area (Å²) in [6.45, 7) is 22.6. The molecule has 0 saturated carbocycles. The molecular formula is C23H46N4. The van der Waals surface area contributed by atoms with Gasteiger partial charge in [0.1, 0.15) is 0 Å². The lowest BCUT2D eigenvalue weighted by Crippen LogP contribution is -2.49. The third-order valence-electron chi connectivity index (χ3n) is 7.99.